The van der Waals surface area contributed by atoms with Gasteiger partial charge in [0.25, 0.3) is 0 Å². The molecule has 2 unspecified atom stereocenters. The number of para-hydroxylation sites is 1. The molecule has 1 amide bonds. The van der Waals surface area contributed by atoms with Crippen molar-refractivity contribution in [2.45, 2.75) is 25.6 Å². The maximum absolute atomic E-state index is 12.0. The van der Waals surface area contributed by atoms with Crippen molar-refractivity contribution in [3.8, 4) is 11.1 Å². The number of nitrogens with one attached hydrogen (secondary N) is 3. The largest absolute Gasteiger partial charge is 0.380 e. The van der Waals surface area contributed by atoms with Crippen molar-refractivity contribution in [2.75, 3.05) is 16.0 Å². The van der Waals surface area contributed by atoms with Crippen molar-refractivity contribution in [3.05, 3.63) is 72.6 Å². The fourth-order valence-corrected chi connectivity index (χ4v) is 3.40. The van der Waals surface area contributed by atoms with Crippen LogP contribution in [0.3, 0.4) is 0 Å². The average molecular weight is 374 g/mol. The Bertz CT molecular complexity index is 991. The molecule has 0 spiro atoms. The summed E-state index contributed by atoms with van der Waals surface area (Å²) in [4.78, 5) is 16.1. The summed E-state index contributed by atoms with van der Waals surface area (Å²) in [5.74, 6) is -0.0393. The molecule has 0 saturated heterocycles. The molecule has 0 aliphatic carbocycles. The summed E-state index contributed by atoms with van der Waals surface area (Å²) in [5.41, 5.74) is 4.90. The second-order valence-corrected chi connectivity index (χ2v) is 6.94. The van der Waals surface area contributed by atoms with Crippen molar-refractivity contribution in [1.29, 1.82) is 0 Å². The Balaban J connectivity index is 1.61. The highest BCUT2D eigenvalue weighted by Crippen LogP contribution is 2.34. The lowest BCUT2D eigenvalue weighted by molar-refractivity contribution is -0.116. The Hall–Kier alpha value is -3.38. The number of anilines is 3. The van der Waals surface area contributed by atoms with Gasteiger partial charge in [0.15, 0.2) is 6.23 Å². The minimum atomic E-state index is -0.936. The summed E-state index contributed by atoms with van der Waals surface area (Å²) in [6, 6.07) is 17.2. The Kier molecular flexibility index (Phi) is 4.95. The quantitative estimate of drug-likeness (QED) is 0.519. The number of pyridine rings is 1. The van der Waals surface area contributed by atoms with Gasteiger partial charge in [0.2, 0.25) is 5.91 Å². The van der Waals surface area contributed by atoms with E-state index < -0.39 is 6.23 Å². The highest BCUT2D eigenvalue weighted by atomic mass is 16.3. The van der Waals surface area contributed by atoms with Crippen LogP contribution in [0.15, 0.2) is 67.0 Å². The number of fused-ring (bicyclic) bond motifs is 1. The molecule has 0 radical (unpaired) electrons. The first-order valence-corrected chi connectivity index (χ1v) is 9.24. The monoisotopic (exact) mass is 374 g/mol. The third kappa shape index (κ3) is 3.82. The predicted octanol–water partition coefficient (Wildman–Crippen LogP) is 3.99. The number of carbonyl (C=O) groups is 1. The molecular formula is C22H22N4O2. The topological polar surface area (TPSA) is 86.3 Å². The minimum absolute atomic E-state index is 0.0245. The number of rotatable bonds is 4. The summed E-state index contributed by atoms with van der Waals surface area (Å²) < 4.78 is 0. The van der Waals surface area contributed by atoms with Crippen LogP contribution in [-0.2, 0) is 4.79 Å². The molecular weight excluding hydrogens is 352 g/mol. The van der Waals surface area contributed by atoms with Gasteiger partial charge in [-0.2, -0.15) is 0 Å². The van der Waals surface area contributed by atoms with Gasteiger partial charge in [-0.25, -0.2) is 0 Å². The molecule has 2 heterocycles. The number of benzene rings is 2. The van der Waals surface area contributed by atoms with Crippen molar-refractivity contribution in [2.24, 2.45) is 0 Å². The van der Waals surface area contributed by atoms with Gasteiger partial charge >= 0.3 is 0 Å². The van der Waals surface area contributed by atoms with E-state index in [1.807, 2.05) is 61.5 Å². The third-order valence-corrected chi connectivity index (χ3v) is 4.71. The van der Waals surface area contributed by atoms with Crippen LogP contribution in [0, 0.1) is 0 Å². The SMILES string of the molecule is CC1CC(=O)Nc2cccc(C(O)Nc3cccc(-c4cccnc4)c3)c2N1. The number of aliphatic hydroxyl groups excluding tert-OH is 1. The Morgan fingerprint density at radius 1 is 1.14 bits per heavy atom. The maximum atomic E-state index is 12.0. The standard InChI is InChI=1S/C22H22N4O2/c1-14-11-20(27)26-19-9-3-8-18(21(19)24-14)22(28)25-17-7-2-5-15(12-17)16-6-4-10-23-13-16/h2-10,12-14,22,24-25,28H,11H2,1H3,(H,26,27). The summed E-state index contributed by atoms with van der Waals surface area (Å²) in [6.45, 7) is 1.95. The number of hydrogen-bond donors (Lipinski definition) is 4. The zero-order valence-electron chi connectivity index (χ0n) is 15.5. The number of aromatic nitrogens is 1. The third-order valence-electron chi connectivity index (χ3n) is 4.71. The van der Waals surface area contributed by atoms with Crippen molar-refractivity contribution in [1.82, 2.24) is 4.98 Å². The molecule has 6 nitrogen and oxygen atoms in total. The predicted molar refractivity (Wildman–Crippen MR) is 111 cm³/mol. The number of aliphatic hydroxyl groups is 1. The zero-order valence-corrected chi connectivity index (χ0v) is 15.5. The highest BCUT2D eigenvalue weighted by Gasteiger charge is 2.22. The van der Waals surface area contributed by atoms with E-state index in [2.05, 4.69) is 20.9 Å². The lowest BCUT2D eigenvalue weighted by Crippen LogP contribution is -2.20. The van der Waals surface area contributed by atoms with E-state index >= 15 is 0 Å². The zero-order chi connectivity index (χ0) is 19.5. The number of amides is 1. The molecule has 1 aliphatic heterocycles. The van der Waals surface area contributed by atoms with Gasteiger partial charge in [-0.3, -0.25) is 9.78 Å². The molecule has 2 aromatic carbocycles. The van der Waals surface area contributed by atoms with Crippen LogP contribution in [0.1, 0.15) is 25.1 Å². The summed E-state index contributed by atoms with van der Waals surface area (Å²) in [5, 5.41) is 20.2. The Morgan fingerprint density at radius 2 is 1.96 bits per heavy atom. The van der Waals surface area contributed by atoms with Gasteiger partial charge in [-0.05, 0) is 36.8 Å². The normalized spacial score (nSPS) is 16.9. The van der Waals surface area contributed by atoms with E-state index in [9.17, 15) is 9.90 Å². The first kappa shape index (κ1) is 18.0. The van der Waals surface area contributed by atoms with E-state index in [1.54, 1.807) is 12.4 Å². The van der Waals surface area contributed by atoms with E-state index in [1.165, 1.54) is 0 Å². The molecule has 1 aliphatic rings. The lowest BCUT2D eigenvalue weighted by Gasteiger charge is -2.21. The van der Waals surface area contributed by atoms with Gasteiger partial charge in [-0.1, -0.05) is 30.3 Å². The fraction of sp³-hybridized carbons (Fsp3) is 0.182. The number of hydrogen-bond acceptors (Lipinski definition) is 5. The van der Waals surface area contributed by atoms with Crippen LogP contribution in [0.2, 0.25) is 0 Å². The van der Waals surface area contributed by atoms with E-state index in [0.717, 1.165) is 22.5 Å². The van der Waals surface area contributed by atoms with Crippen LogP contribution < -0.4 is 16.0 Å². The molecule has 28 heavy (non-hydrogen) atoms. The highest BCUT2D eigenvalue weighted by molar-refractivity contribution is 5.97. The number of nitrogens with zero attached hydrogens (tertiary/aromatic N) is 1. The summed E-state index contributed by atoms with van der Waals surface area (Å²) in [6.07, 6.45) is 2.99. The molecule has 142 valence electrons. The fourth-order valence-electron chi connectivity index (χ4n) is 3.40. The smallest absolute Gasteiger partial charge is 0.226 e. The van der Waals surface area contributed by atoms with Crippen molar-refractivity contribution >= 4 is 23.0 Å². The first-order valence-electron chi connectivity index (χ1n) is 9.24. The maximum Gasteiger partial charge on any atom is 0.226 e. The van der Waals surface area contributed by atoms with Crippen molar-refractivity contribution < 1.29 is 9.90 Å². The Labute approximate surface area is 163 Å². The van der Waals surface area contributed by atoms with Crippen LogP contribution >= 0.6 is 0 Å². The van der Waals surface area contributed by atoms with E-state index in [0.29, 0.717) is 17.7 Å². The van der Waals surface area contributed by atoms with Crippen LogP contribution in [-0.4, -0.2) is 22.0 Å². The van der Waals surface area contributed by atoms with Gasteiger partial charge in [0.05, 0.1) is 11.4 Å². The van der Waals surface area contributed by atoms with Gasteiger partial charge in [-0.15, -0.1) is 0 Å². The lowest BCUT2D eigenvalue weighted by atomic mass is 10.1. The van der Waals surface area contributed by atoms with Gasteiger partial charge in [0, 0.05) is 41.7 Å². The molecule has 4 N–H and O–H groups in total. The first-order chi connectivity index (χ1) is 13.6. The van der Waals surface area contributed by atoms with E-state index in [4.69, 9.17) is 0 Å². The van der Waals surface area contributed by atoms with Crippen LogP contribution in [0.4, 0.5) is 17.1 Å². The second-order valence-electron chi connectivity index (χ2n) is 6.94. The minimum Gasteiger partial charge on any atom is -0.380 e. The van der Waals surface area contributed by atoms with Crippen LogP contribution in [0.5, 0.6) is 0 Å². The van der Waals surface area contributed by atoms with Gasteiger partial charge in [0.1, 0.15) is 0 Å². The molecule has 6 heteroatoms. The molecule has 0 fully saturated rings. The molecule has 3 aromatic rings. The second kappa shape index (κ2) is 7.70. The van der Waals surface area contributed by atoms with Crippen molar-refractivity contribution in [3.63, 3.8) is 0 Å². The Morgan fingerprint density at radius 3 is 2.79 bits per heavy atom. The molecule has 0 bridgehead atoms. The number of carbonyl (C=O) groups excluding carboxylic acids is 1. The molecule has 1 aromatic heterocycles. The van der Waals surface area contributed by atoms with Crippen LogP contribution in [0.25, 0.3) is 11.1 Å². The van der Waals surface area contributed by atoms with Gasteiger partial charge < -0.3 is 21.1 Å². The average Bonchev–Trinajstić information content (AvgIpc) is 2.84. The molecule has 0 saturated carbocycles. The van der Waals surface area contributed by atoms with E-state index in [-0.39, 0.29) is 11.9 Å². The summed E-state index contributed by atoms with van der Waals surface area (Å²) >= 11 is 0. The summed E-state index contributed by atoms with van der Waals surface area (Å²) in [7, 11) is 0. The molecule has 2 atom stereocenters. The molecule has 4 rings (SSSR count).